The average Bonchev–Trinajstić information content (AvgIpc) is 2.59. The van der Waals surface area contributed by atoms with Crippen LogP contribution in [0.15, 0.2) is 23.1 Å². The van der Waals surface area contributed by atoms with Crippen molar-refractivity contribution in [3.8, 4) is 5.75 Å². The maximum Gasteiger partial charge on any atom is 0.260 e. The summed E-state index contributed by atoms with van der Waals surface area (Å²) in [6.07, 6.45) is 2.79. The summed E-state index contributed by atoms with van der Waals surface area (Å²) in [6, 6.07) is 4.69. The number of nitrogens with zero attached hydrogens (tertiary/aromatic N) is 1. The average molecular weight is 368 g/mol. The molecular formula is C18H28N2O4S. The molecule has 0 radical (unpaired) electrons. The predicted molar refractivity (Wildman–Crippen MR) is 97.1 cm³/mol. The van der Waals surface area contributed by atoms with Crippen LogP contribution in [0.1, 0.15) is 38.7 Å². The maximum atomic E-state index is 12.2. The first kappa shape index (κ1) is 19.7. The van der Waals surface area contributed by atoms with Gasteiger partial charge in [-0.05, 0) is 55.9 Å². The van der Waals surface area contributed by atoms with Crippen LogP contribution in [0.3, 0.4) is 0 Å². The lowest BCUT2D eigenvalue weighted by Crippen LogP contribution is -2.40. The van der Waals surface area contributed by atoms with Gasteiger partial charge in [-0.15, -0.1) is 0 Å². The van der Waals surface area contributed by atoms with E-state index in [0.717, 1.165) is 32.4 Å². The number of piperidine rings is 1. The largest absolute Gasteiger partial charge is 0.483 e. The molecule has 1 aliphatic rings. The smallest absolute Gasteiger partial charge is 0.260 e. The Labute approximate surface area is 150 Å². The van der Waals surface area contributed by atoms with Gasteiger partial charge in [-0.1, -0.05) is 13.8 Å². The van der Waals surface area contributed by atoms with Crippen molar-refractivity contribution in [3.05, 3.63) is 23.8 Å². The molecule has 1 aromatic carbocycles. The van der Waals surface area contributed by atoms with Gasteiger partial charge in [-0.3, -0.25) is 4.79 Å². The molecule has 1 heterocycles. The molecule has 0 saturated carbocycles. The van der Waals surface area contributed by atoms with E-state index < -0.39 is 10.0 Å². The van der Waals surface area contributed by atoms with Crippen molar-refractivity contribution >= 4 is 15.9 Å². The van der Waals surface area contributed by atoms with Gasteiger partial charge in [-0.2, -0.15) is 0 Å². The zero-order chi connectivity index (χ0) is 18.4. The topological polar surface area (TPSA) is 75.7 Å². The number of sulfonamides is 1. The summed E-state index contributed by atoms with van der Waals surface area (Å²) in [7, 11) is -3.50. The monoisotopic (exact) mass is 368 g/mol. The van der Waals surface area contributed by atoms with Crippen LogP contribution < -0.4 is 9.46 Å². The fourth-order valence-corrected chi connectivity index (χ4v) is 3.98. The third kappa shape index (κ3) is 5.44. The van der Waals surface area contributed by atoms with Crippen molar-refractivity contribution in [1.82, 2.24) is 9.62 Å². The van der Waals surface area contributed by atoms with Crippen LogP contribution in [0.5, 0.6) is 5.75 Å². The maximum absolute atomic E-state index is 12.2. The van der Waals surface area contributed by atoms with Crippen molar-refractivity contribution in [2.45, 2.75) is 44.9 Å². The van der Waals surface area contributed by atoms with Gasteiger partial charge >= 0.3 is 0 Å². The van der Waals surface area contributed by atoms with Gasteiger partial charge in [0.1, 0.15) is 5.75 Å². The van der Waals surface area contributed by atoms with E-state index in [1.807, 2.05) is 11.8 Å². The Morgan fingerprint density at radius 2 is 2.00 bits per heavy atom. The number of amides is 1. The lowest BCUT2D eigenvalue weighted by molar-refractivity contribution is -0.134. The van der Waals surface area contributed by atoms with Gasteiger partial charge < -0.3 is 9.64 Å². The molecule has 1 amide bonds. The summed E-state index contributed by atoms with van der Waals surface area (Å²) >= 11 is 0. The Hall–Kier alpha value is -1.60. The van der Waals surface area contributed by atoms with Crippen LogP contribution in [0, 0.1) is 12.8 Å². The molecule has 1 aromatic rings. The highest BCUT2D eigenvalue weighted by molar-refractivity contribution is 7.89. The Morgan fingerprint density at radius 3 is 2.60 bits per heavy atom. The Kier molecular flexibility index (Phi) is 6.84. The number of carbonyl (C=O) groups excluding carboxylic acids is 1. The third-order valence-electron chi connectivity index (χ3n) is 4.49. The molecule has 0 atom stereocenters. The van der Waals surface area contributed by atoms with Gasteiger partial charge in [0.25, 0.3) is 5.91 Å². The SMILES string of the molecule is CCCNS(=O)(=O)c1ccc(OCC(=O)N2CCC(C)CC2)c(C)c1. The number of rotatable bonds is 7. The first-order valence-electron chi connectivity index (χ1n) is 8.84. The molecule has 0 aromatic heterocycles. The normalized spacial score (nSPS) is 16.0. The zero-order valence-corrected chi connectivity index (χ0v) is 16.1. The molecule has 25 heavy (non-hydrogen) atoms. The second kappa shape index (κ2) is 8.67. The molecule has 0 aliphatic carbocycles. The molecule has 1 saturated heterocycles. The highest BCUT2D eigenvalue weighted by Gasteiger charge is 2.21. The first-order valence-corrected chi connectivity index (χ1v) is 10.3. The number of hydrogen-bond acceptors (Lipinski definition) is 4. The summed E-state index contributed by atoms with van der Waals surface area (Å²) in [5.74, 6) is 1.18. The minimum Gasteiger partial charge on any atom is -0.483 e. The minimum atomic E-state index is -3.50. The Bertz CT molecular complexity index is 695. The van der Waals surface area contributed by atoms with Crippen LogP contribution in [0.4, 0.5) is 0 Å². The van der Waals surface area contributed by atoms with Crippen LogP contribution in [0.25, 0.3) is 0 Å². The van der Waals surface area contributed by atoms with Gasteiger partial charge in [0.2, 0.25) is 10.0 Å². The summed E-state index contributed by atoms with van der Waals surface area (Å²) in [5, 5.41) is 0. The molecule has 0 unspecified atom stereocenters. The number of hydrogen-bond donors (Lipinski definition) is 1. The van der Waals surface area contributed by atoms with Crippen LogP contribution >= 0.6 is 0 Å². The molecule has 7 heteroatoms. The van der Waals surface area contributed by atoms with Crippen molar-refractivity contribution in [2.75, 3.05) is 26.2 Å². The number of benzene rings is 1. The molecule has 0 spiro atoms. The van der Waals surface area contributed by atoms with Crippen LogP contribution in [0.2, 0.25) is 0 Å². The molecule has 6 nitrogen and oxygen atoms in total. The lowest BCUT2D eigenvalue weighted by atomic mass is 9.99. The third-order valence-corrected chi connectivity index (χ3v) is 5.94. The van der Waals surface area contributed by atoms with E-state index in [-0.39, 0.29) is 17.4 Å². The summed E-state index contributed by atoms with van der Waals surface area (Å²) in [4.78, 5) is 14.3. The molecule has 1 N–H and O–H groups in total. The second-order valence-electron chi connectivity index (χ2n) is 6.68. The quantitative estimate of drug-likeness (QED) is 0.801. The predicted octanol–water partition coefficient (Wildman–Crippen LogP) is 2.32. The molecule has 1 fully saturated rings. The van der Waals surface area contributed by atoms with E-state index in [1.165, 1.54) is 6.07 Å². The molecule has 1 aliphatic heterocycles. The van der Waals surface area contributed by atoms with Gasteiger partial charge in [0.15, 0.2) is 6.61 Å². The second-order valence-corrected chi connectivity index (χ2v) is 8.44. The summed E-state index contributed by atoms with van der Waals surface area (Å²) < 4.78 is 32.4. The number of carbonyl (C=O) groups is 1. The number of ether oxygens (including phenoxy) is 1. The van der Waals surface area contributed by atoms with E-state index in [2.05, 4.69) is 11.6 Å². The Morgan fingerprint density at radius 1 is 1.32 bits per heavy atom. The van der Waals surface area contributed by atoms with Crippen molar-refractivity contribution in [2.24, 2.45) is 5.92 Å². The van der Waals surface area contributed by atoms with Gasteiger partial charge in [0.05, 0.1) is 4.90 Å². The lowest BCUT2D eigenvalue weighted by Gasteiger charge is -2.30. The van der Waals surface area contributed by atoms with Crippen molar-refractivity contribution < 1.29 is 17.9 Å². The number of likely N-dealkylation sites (tertiary alicyclic amines) is 1. The highest BCUT2D eigenvalue weighted by atomic mass is 32.2. The zero-order valence-electron chi connectivity index (χ0n) is 15.2. The van der Waals surface area contributed by atoms with Gasteiger partial charge in [0, 0.05) is 19.6 Å². The molecule has 0 bridgehead atoms. The Balaban J connectivity index is 1.96. The number of nitrogens with one attached hydrogen (secondary N) is 1. The first-order chi connectivity index (χ1) is 11.8. The molecule has 140 valence electrons. The van der Waals surface area contributed by atoms with E-state index in [0.29, 0.717) is 23.8 Å². The van der Waals surface area contributed by atoms with E-state index in [4.69, 9.17) is 4.74 Å². The van der Waals surface area contributed by atoms with Crippen LogP contribution in [-0.2, 0) is 14.8 Å². The van der Waals surface area contributed by atoms with E-state index >= 15 is 0 Å². The van der Waals surface area contributed by atoms with E-state index in [9.17, 15) is 13.2 Å². The highest BCUT2D eigenvalue weighted by Crippen LogP contribution is 2.22. The van der Waals surface area contributed by atoms with Crippen molar-refractivity contribution in [3.63, 3.8) is 0 Å². The van der Waals surface area contributed by atoms with E-state index in [1.54, 1.807) is 19.1 Å². The van der Waals surface area contributed by atoms with Gasteiger partial charge in [-0.25, -0.2) is 13.1 Å². The summed E-state index contributed by atoms with van der Waals surface area (Å²) in [5.41, 5.74) is 0.694. The van der Waals surface area contributed by atoms with Crippen LogP contribution in [-0.4, -0.2) is 45.5 Å². The fraction of sp³-hybridized carbons (Fsp3) is 0.611. The standard InChI is InChI=1S/C18H28N2O4S/c1-4-9-19-25(22,23)16-5-6-17(15(3)12-16)24-13-18(21)20-10-7-14(2)8-11-20/h5-6,12,14,19H,4,7-11,13H2,1-3H3. The fourth-order valence-electron chi connectivity index (χ4n) is 2.76. The minimum absolute atomic E-state index is 0.0185. The molecular weight excluding hydrogens is 340 g/mol. The molecule has 2 rings (SSSR count). The van der Waals surface area contributed by atoms with Crippen molar-refractivity contribution in [1.29, 1.82) is 0 Å². The number of aryl methyl sites for hydroxylation is 1. The summed E-state index contributed by atoms with van der Waals surface area (Å²) in [6.45, 7) is 7.84.